The summed E-state index contributed by atoms with van der Waals surface area (Å²) in [5, 5.41) is 3.20. The Morgan fingerprint density at radius 3 is 2.47 bits per heavy atom. The molecule has 0 aliphatic carbocycles. The minimum Gasteiger partial charge on any atom is -0.319 e. The minimum absolute atomic E-state index is 0.729. The summed E-state index contributed by atoms with van der Waals surface area (Å²) in [5.41, 5.74) is 2.88. The molecule has 1 N–H and O–H groups in total. The van der Waals surface area contributed by atoms with E-state index in [9.17, 15) is 0 Å². The predicted molar refractivity (Wildman–Crippen MR) is 82.3 cm³/mol. The van der Waals surface area contributed by atoms with Crippen LogP contribution in [-0.2, 0) is 13.0 Å². The van der Waals surface area contributed by atoms with Gasteiger partial charge in [-0.3, -0.25) is 4.90 Å². The third-order valence-corrected chi connectivity index (χ3v) is 4.35. The summed E-state index contributed by atoms with van der Waals surface area (Å²) in [6.45, 7) is 8.17. The van der Waals surface area contributed by atoms with E-state index in [-0.39, 0.29) is 0 Å². The zero-order valence-electron chi connectivity index (χ0n) is 12.7. The molecule has 1 aliphatic rings. The van der Waals surface area contributed by atoms with Crippen LogP contribution in [0.5, 0.6) is 0 Å². The van der Waals surface area contributed by atoms with E-state index in [4.69, 9.17) is 0 Å². The maximum absolute atomic E-state index is 3.20. The molecule has 0 radical (unpaired) electrons. The monoisotopic (exact) mass is 260 g/mol. The first-order valence-corrected chi connectivity index (χ1v) is 7.65. The van der Waals surface area contributed by atoms with Crippen LogP contribution < -0.4 is 5.32 Å². The number of likely N-dealkylation sites (tertiary alicyclic amines) is 1. The van der Waals surface area contributed by atoms with Gasteiger partial charge in [-0.1, -0.05) is 31.2 Å². The van der Waals surface area contributed by atoms with Crippen molar-refractivity contribution >= 4 is 0 Å². The quantitative estimate of drug-likeness (QED) is 0.875. The van der Waals surface area contributed by atoms with Crippen molar-refractivity contribution in [2.24, 2.45) is 5.92 Å². The molecule has 1 heterocycles. The molecule has 2 unspecified atom stereocenters. The van der Waals surface area contributed by atoms with Crippen LogP contribution in [0.1, 0.15) is 37.8 Å². The first-order valence-electron chi connectivity index (χ1n) is 7.65. The van der Waals surface area contributed by atoms with Crippen molar-refractivity contribution in [2.45, 2.75) is 45.7 Å². The summed E-state index contributed by atoms with van der Waals surface area (Å²) >= 11 is 0. The first-order chi connectivity index (χ1) is 9.19. The molecule has 0 spiro atoms. The number of nitrogens with one attached hydrogen (secondary N) is 1. The average Bonchev–Trinajstić information content (AvgIpc) is 2.41. The van der Waals surface area contributed by atoms with Gasteiger partial charge in [0.15, 0.2) is 0 Å². The molecule has 2 atom stereocenters. The standard InChI is InChI=1S/C17H28N2/c1-14-9-11-19(15(2)12-14)13-17-6-4-16(5-7-17)8-10-18-3/h4-7,14-15,18H,8-13H2,1-3H3. The number of rotatable bonds is 5. The van der Waals surface area contributed by atoms with Gasteiger partial charge in [0.05, 0.1) is 0 Å². The van der Waals surface area contributed by atoms with Crippen molar-refractivity contribution in [3.05, 3.63) is 35.4 Å². The van der Waals surface area contributed by atoms with Crippen LogP contribution >= 0.6 is 0 Å². The molecule has 1 saturated heterocycles. The number of benzene rings is 1. The highest BCUT2D eigenvalue weighted by atomic mass is 15.2. The summed E-state index contributed by atoms with van der Waals surface area (Å²) in [6.07, 6.45) is 3.82. The fourth-order valence-corrected chi connectivity index (χ4v) is 3.01. The lowest BCUT2D eigenvalue weighted by atomic mass is 9.93. The Morgan fingerprint density at radius 2 is 1.84 bits per heavy atom. The highest BCUT2D eigenvalue weighted by molar-refractivity contribution is 5.22. The van der Waals surface area contributed by atoms with Crippen LogP contribution in [0.15, 0.2) is 24.3 Å². The van der Waals surface area contributed by atoms with Crippen molar-refractivity contribution in [1.29, 1.82) is 0 Å². The van der Waals surface area contributed by atoms with Gasteiger partial charge in [0.25, 0.3) is 0 Å². The molecule has 2 heteroatoms. The van der Waals surface area contributed by atoms with Crippen LogP contribution in [0.3, 0.4) is 0 Å². The fourth-order valence-electron chi connectivity index (χ4n) is 3.01. The molecule has 1 aromatic carbocycles. The van der Waals surface area contributed by atoms with Gasteiger partial charge in [0.1, 0.15) is 0 Å². The van der Waals surface area contributed by atoms with Gasteiger partial charge in [-0.15, -0.1) is 0 Å². The van der Waals surface area contributed by atoms with Crippen LogP contribution in [-0.4, -0.2) is 31.1 Å². The second-order valence-electron chi connectivity index (χ2n) is 6.12. The topological polar surface area (TPSA) is 15.3 Å². The number of likely N-dealkylation sites (N-methyl/N-ethyl adjacent to an activating group) is 1. The maximum Gasteiger partial charge on any atom is 0.0236 e. The van der Waals surface area contributed by atoms with Crippen LogP contribution in [0.4, 0.5) is 0 Å². The number of nitrogens with zero attached hydrogens (tertiary/aromatic N) is 1. The molecule has 0 saturated carbocycles. The van der Waals surface area contributed by atoms with Gasteiger partial charge in [-0.05, 0) is 63.4 Å². The van der Waals surface area contributed by atoms with Crippen LogP contribution in [0, 0.1) is 5.92 Å². The number of hydrogen-bond acceptors (Lipinski definition) is 2. The smallest absolute Gasteiger partial charge is 0.0236 e. The maximum atomic E-state index is 3.20. The molecular formula is C17H28N2. The predicted octanol–water partition coefficient (Wildman–Crippen LogP) is 3.07. The van der Waals surface area contributed by atoms with Crippen molar-refractivity contribution in [2.75, 3.05) is 20.1 Å². The molecule has 0 aromatic heterocycles. The third kappa shape index (κ3) is 4.32. The Morgan fingerprint density at radius 1 is 1.16 bits per heavy atom. The Hall–Kier alpha value is -0.860. The van der Waals surface area contributed by atoms with Gasteiger partial charge in [-0.25, -0.2) is 0 Å². The van der Waals surface area contributed by atoms with Crippen molar-refractivity contribution < 1.29 is 0 Å². The largest absolute Gasteiger partial charge is 0.319 e. The molecule has 1 fully saturated rings. The van der Waals surface area contributed by atoms with E-state index in [1.54, 1.807) is 0 Å². The first kappa shape index (κ1) is 14.5. The molecule has 1 aliphatic heterocycles. The summed E-state index contributed by atoms with van der Waals surface area (Å²) in [5.74, 6) is 0.898. The summed E-state index contributed by atoms with van der Waals surface area (Å²) < 4.78 is 0. The Labute approximate surface area is 118 Å². The van der Waals surface area contributed by atoms with Crippen molar-refractivity contribution in [3.63, 3.8) is 0 Å². The van der Waals surface area contributed by atoms with Crippen LogP contribution in [0.25, 0.3) is 0 Å². The number of piperidine rings is 1. The average molecular weight is 260 g/mol. The highest BCUT2D eigenvalue weighted by Gasteiger charge is 2.22. The Balaban J connectivity index is 1.88. The fraction of sp³-hybridized carbons (Fsp3) is 0.647. The molecule has 19 heavy (non-hydrogen) atoms. The van der Waals surface area contributed by atoms with E-state index in [0.717, 1.165) is 31.5 Å². The van der Waals surface area contributed by atoms with E-state index in [1.807, 2.05) is 7.05 Å². The lowest BCUT2D eigenvalue weighted by Crippen LogP contribution is -2.39. The van der Waals surface area contributed by atoms with E-state index in [2.05, 4.69) is 48.3 Å². The molecule has 0 bridgehead atoms. The second kappa shape index (κ2) is 7.06. The lowest BCUT2D eigenvalue weighted by Gasteiger charge is -2.36. The molecule has 2 rings (SSSR count). The van der Waals surface area contributed by atoms with Gasteiger partial charge in [-0.2, -0.15) is 0 Å². The van der Waals surface area contributed by atoms with Crippen LogP contribution in [0.2, 0.25) is 0 Å². The zero-order chi connectivity index (χ0) is 13.7. The van der Waals surface area contributed by atoms with Crippen molar-refractivity contribution in [3.8, 4) is 0 Å². The van der Waals surface area contributed by atoms with Gasteiger partial charge in [0.2, 0.25) is 0 Å². The summed E-state index contributed by atoms with van der Waals surface area (Å²) in [7, 11) is 2.01. The Kier molecular flexibility index (Phi) is 5.41. The third-order valence-electron chi connectivity index (χ3n) is 4.35. The number of hydrogen-bond donors (Lipinski definition) is 1. The van der Waals surface area contributed by atoms with E-state index >= 15 is 0 Å². The van der Waals surface area contributed by atoms with E-state index in [1.165, 1.54) is 30.5 Å². The zero-order valence-corrected chi connectivity index (χ0v) is 12.7. The molecule has 2 nitrogen and oxygen atoms in total. The SMILES string of the molecule is CNCCc1ccc(CN2CCC(C)CC2C)cc1. The molecule has 0 amide bonds. The van der Waals surface area contributed by atoms with E-state index in [0.29, 0.717) is 0 Å². The summed E-state index contributed by atoms with van der Waals surface area (Å²) in [4.78, 5) is 2.63. The van der Waals surface area contributed by atoms with Crippen molar-refractivity contribution in [1.82, 2.24) is 10.2 Å². The minimum atomic E-state index is 0.729. The molecule has 1 aromatic rings. The molecular weight excluding hydrogens is 232 g/mol. The second-order valence-corrected chi connectivity index (χ2v) is 6.12. The van der Waals surface area contributed by atoms with E-state index < -0.39 is 0 Å². The Bertz CT molecular complexity index is 371. The summed E-state index contributed by atoms with van der Waals surface area (Å²) in [6, 6.07) is 9.90. The highest BCUT2D eigenvalue weighted by Crippen LogP contribution is 2.23. The normalized spacial score (nSPS) is 24.6. The lowest BCUT2D eigenvalue weighted by molar-refractivity contribution is 0.122. The van der Waals surface area contributed by atoms with Gasteiger partial charge in [0, 0.05) is 12.6 Å². The molecule has 106 valence electrons. The van der Waals surface area contributed by atoms with Gasteiger partial charge >= 0.3 is 0 Å². The van der Waals surface area contributed by atoms with Gasteiger partial charge < -0.3 is 5.32 Å².